The van der Waals surface area contributed by atoms with Gasteiger partial charge in [-0.3, -0.25) is 4.79 Å². The van der Waals surface area contributed by atoms with Crippen molar-refractivity contribution in [2.75, 3.05) is 5.32 Å². The Labute approximate surface area is 113 Å². The molecule has 0 aliphatic carbocycles. The lowest BCUT2D eigenvalue weighted by Gasteiger charge is -2.10. The van der Waals surface area contributed by atoms with Gasteiger partial charge in [-0.05, 0) is 41.8 Å². The van der Waals surface area contributed by atoms with Gasteiger partial charge in [0.1, 0.15) is 0 Å². The highest BCUT2D eigenvalue weighted by atomic mass is 16.1. The summed E-state index contributed by atoms with van der Waals surface area (Å²) in [5, 5.41) is 3.35. The first-order valence-electron chi connectivity index (χ1n) is 6.41. The van der Waals surface area contributed by atoms with E-state index in [9.17, 15) is 4.79 Å². The summed E-state index contributed by atoms with van der Waals surface area (Å²) in [5.41, 5.74) is 9.36. The molecule has 2 aromatic carbocycles. The van der Waals surface area contributed by atoms with E-state index < -0.39 is 5.91 Å². The minimum atomic E-state index is -0.400. The number of aryl methyl sites for hydroxylation is 1. The molecule has 0 saturated heterocycles. The first kappa shape index (κ1) is 13.1. The van der Waals surface area contributed by atoms with E-state index in [0.29, 0.717) is 5.56 Å². The molecule has 0 fully saturated rings. The Morgan fingerprint density at radius 1 is 1.05 bits per heavy atom. The van der Waals surface area contributed by atoms with Crippen LogP contribution in [-0.2, 0) is 13.0 Å². The molecule has 0 spiro atoms. The van der Waals surface area contributed by atoms with Crippen LogP contribution in [0.15, 0.2) is 48.5 Å². The van der Waals surface area contributed by atoms with Crippen molar-refractivity contribution >= 4 is 11.6 Å². The van der Waals surface area contributed by atoms with Gasteiger partial charge >= 0.3 is 0 Å². The Morgan fingerprint density at radius 3 is 2.26 bits per heavy atom. The maximum Gasteiger partial charge on any atom is 0.248 e. The molecule has 0 bridgehead atoms. The minimum Gasteiger partial charge on any atom is -0.381 e. The van der Waals surface area contributed by atoms with Gasteiger partial charge in [0, 0.05) is 17.8 Å². The first-order valence-corrected chi connectivity index (χ1v) is 6.41. The van der Waals surface area contributed by atoms with Crippen molar-refractivity contribution < 1.29 is 4.79 Å². The number of hydrogen-bond acceptors (Lipinski definition) is 2. The number of primary amides is 1. The molecule has 0 radical (unpaired) electrons. The molecule has 0 heterocycles. The van der Waals surface area contributed by atoms with Crippen LogP contribution in [0.5, 0.6) is 0 Å². The fraction of sp³-hybridized carbons (Fsp3) is 0.188. The molecule has 98 valence electrons. The Bertz CT molecular complexity index is 561. The van der Waals surface area contributed by atoms with Crippen molar-refractivity contribution in [1.82, 2.24) is 0 Å². The summed E-state index contributed by atoms with van der Waals surface area (Å²) in [5.74, 6) is -0.400. The second kappa shape index (κ2) is 6.05. The average molecular weight is 254 g/mol. The molecular weight excluding hydrogens is 236 g/mol. The quantitative estimate of drug-likeness (QED) is 0.862. The van der Waals surface area contributed by atoms with Crippen LogP contribution in [0.4, 0.5) is 5.69 Å². The molecule has 3 nitrogen and oxygen atoms in total. The first-order chi connectivity index (χ1) is 9.20. The SMILES string of the molecule is CCc1ccccc1CNc1ccc(C(N)=O)cc1. The third kappa shape index (κ3) is 3.35. The molecule has 2 rings (SSSR count). The van der Waals surface area contributed by atoms with Gasteiger partial charge in [-0.2, -0.15) is 0 Å². The molecule has 19 heavy (non-hydrogen) atoms. The number of hydrogen-bond donors (Lipinski definition) is 2. The average Bonchev–Trinajstić information content (AvgIpc) is 2.45. The van der Waals surface area contributed by atoms with Crippen molar-refractivity contribution in [1.29, 1.82) is 0 Å². The van der Waals surface area contributed by atoms with Crippen molar-refractivity contribution in [3.8, 4) is 0 Å². The van der Waals surface area contributed by atoms with Crippen molar-refractivity contribution in [2.24, 2.45) is 5.73 Å². The van der Waals surface area contributed by atoms with Crippen LogP contribution in [0.1, 0.15) is 28.4 Å². The number of amides is 1. The summed E-state index contributed by atoms with van der Waals surface area (Å²) >= 11 is 0. The third-order valence-electron chi connectivity index (χ3n) is 3.15. The molecule has 0 unspecified atom stereocenters. The molecule has 0 aromatic heterocycles. The summed E-state index contributed by atoms with van der Waals surface area (Å²) in [6.07, 6.45) is 1.03. The monoisotopic (exact) mass is 254 g/mol. The van der Waals surface area contributed by atoms with E-state index in [1.807, 2.05) is 18.2 Å². The Balaban J connectivity index is 2.04. The molecule has 3 heteroatoms. The summed E-state index contributed by atoms with van der Waals surface area (Å²) in [6, 6.07) is 15.6. The Hall–Kier alpha value is -2.29. The van der Waals surface area contributed by atoms with Gasteiger partial charge in [0.15, 0.2) is 0 Å². The predicted molar refractivity (Wildman–Crippen MR) is 78.1 cm³/mol. The van der Waals surface area contributed by atoms with Crippen LogP contribution in [0, 0.1) is 0 Å². The largest absolute Gasteiger partial charge is 0.381 e. The van der Waals surface area contributed by atoms with E-state index in [2.05, 4.69) is 30.4 Å². The fourth-order valence-electron chi connectivity index (χ4n) is 2.02. The van der Waals surface area contributed by atoms with Crippen LogP contribution >= 0.6 is 0 Å². The molecule has 1 amide bonds. The Kier molecular flexibility index (Phi) is 4.18. The maximum absolute atomic E-state index is 11.0. The molecular formula is C16H18N2O. The van der Waals surface area contributed by atoms with E-state index in [4.69, 9.17) is 5.73 Å². The van der Waals surface area contributed by atoms with Gasteiger partial charge < -0.3 is 11.1 Å². The van der Waals surface area contributed by atoms with Crippen molar-refractivity contribution in [3.05, 3.63) is 65.2 Å². The number of nitrogens with two attached hydrogens (primary N) is 1. The number of benzene rings is 2. The van der Waals surface area contributed by atoms with Gasteiger partial charge in [-0.1, -0.05) is 31.2 Å². The van der Waals surface area contributed by atoms with E-state index in [0.717, 1.165) is 18.7 Å². The van der Waals surface area contributed by atoms with Crippen molar-refractivity contribution in [2.45, 2.75) is 19.9 Å². The van der Waals surface area contributed by atoms with Crippen LogP contribution in [0.2, 0.25) is 0 Å². The highest BCUT2D eigenvalue weighted by Gasteiger charge is 2.01. The topological polar surface area (TPSA) is 55.1 Å². The number of carbonyl (C=O) groups excluding carboxylic acids is 1. The third-order valence-corrected chi connectivity index (χ3v) is 3.15. The van der Waals surface area contributed by atoms with E-state index in [1.54, 1.807) is 12.1 Å². The van der Waals surface area contributed by atoms with E-state index in [-0.39, 0.29) is 0 Å². The number of rotatable bonds is 5. The van der Waals surface area contributed by atoms with Crippen molar-refractivity contribution in [3.63, 3.8) is 0 Å². The standard InChI is InChI=1S/C16H18N2O/c1-2-12-5-3-4-6-14(12)11-18-15-9-7-13(8-10-15)16(17)19/h3-10,18H,2,11H2,1H3,(H2,17,19). The Morgan fingerprint density at radius 2 is 1.68 bits per heavy atom. The van der Waals surface area contributed by atoms with Crippen LogP contribution in [0.3, 0.4) is 0 Å². The van der Waals surface area contributed by atoms with E-state index in [1.165, 1.54) is 11.1 Å². The smallest absolute Gasteiger partial charge is 0.248 e. The molecule has 0 aliphatic heterocycles. The van der Waals surface area contributed by atoms with Gasteiger partial charge in [-0.25, -0.2) is 0 Å². The predicted octanol–water partition coefficient (Wildman–Crippen LogP) is 2.96. The summed E-state index contributed by atoms with van der Waals surface area (Å²) in [7, 11) is 0. The van der Waals surface area contributed by atoms with Crippen LogP contribution < -0.4 is 11.1 Å². The summed E-state index contributed by atoms with van der Waals surface area (Å²) < 4.78 is 0. The molecule has 0 aliphatic rings. The number of anilines is 1. The molecule has 2 aromatic rings. The molecule has 3 N–H and O–H groups in total. The highest BCUT2D eigenvalue weighted by Crippen LogP contribution is 2.14. The fourth-order valence-corrected chi connectivity index (χ4v) is 2.02. The highest BCUT2D eigenvalue weighted by molar-refractivity contribution is 5.93. The maximum atomic E-state index is 11.0. The zero-order chi connectivity index (χ0) is 13.7. The lowest BCUT2D eigenvalue weighted by molar-refractivity contribution is 0.100. The number of nitrogens with one attached hydrogen (secondary N) is 1. The van der Waals surface area contributed by atoms with Gasteiger partial charge in [0.2, 0.25) is 5.91 Å². The zero-order valence-electron chi connectivity index (χ0n) is 11.0. The van der Waals surface area contributed by atoms with Gasteiger partial charge in [0.05, 0.1) is 0 Å². The molecule has 0 atom stereocenters. The lowest BCUT2D eigenvalue weighted by atomic mass is 10.1. The number of carbonyl (C=O) groups is 1. The van der Waals surface area contributed by atoms with Gasteiger partial charge in [0.25, 0.3) is 0 Å². The van der Waals surface area contributed by atoms with E-state index >= 15 is 0 Å². The summed E-state index contributed by atoms with van der Waals surface area (Å²) in [4.78, 5) is 11.0. The second-order valence-electron chi connectivity index (χ2n) is 4.42. The normalized spacial score (nSPS) is 10.2. The zero-order valence-corrected chi connectivity index (χ0v) is 11.0. The minimum absolute atomic E-state index is 0.400. The summed E-state index contributed by atoms with van der Waals surface area (Å²) in [6.45, 7) is 2.93. The van der Waals surface area contributed by atoms with Gasteiger partial charge in [-0.15, -0.1) is 0 Å². The van der Waals surface area contributed by atoms with Crippen LogP contribution in [-0.4, -0.2) is 5.91 Å². The second-order valence-corrected chi connectivity index (χ2v) is 4.42. The lowest BCUT2D eigenvalue weighted by Crippen LogP contribution is -2.10. The molecule has 0 saturated carbocycles. The van der Waals surface area contributed by atoms with Crippen LogP contribution in [0.25, 0.3) is 0 Å².